The van der Waals surface area contributed by atoms with Crippen LogP contribution < -0.4 is 5.32 Å². The summed E-state index contributed by atoms with van der Waals surface area (Å²) in [4.78, 5) is 10.6. The second-order valence-corrected chi connectivity index (χ2v) is 5.30. The molecule has 0 fully saturated rings. The lowest BCUT2D eigenvalue weighted by molar-refractivity contribution is -0.385. The summed E-state index contributed by atoms with van der Waals surface area (Å²) in [6.45, 7) is 2.14. The van der Waals surface area contributed by atoms with E-state index in [0.29, 0.717) is 16.6 Å². The van der Waals surface area contributed by atoms with E-state index in [1.165, 1.54) is 6.07 Å². The average Bonchev–Trinajstić information content (AvgIpc) is 2.41. The molecule has 0 heterocycles. The zero-order valence-corrected chi connectivity index (χ0v) is 12.3. The average molecular weight is 337 g/mol. The molecule has 0 aliphatic carbocycles. The van der Waals surface area contributed by atoms with Gasteiger partial charge in [-0.2, -0.15) is 0 Å². The Morgan fingerprint density at radius 2 is 2.05 bits per heavy atom. The van der Waals surface area contributed by atoms with Gasteiger partial charge in [0.1, 0.15) is 5.75 Å². The van der Waals surface area contributed by atoms with Crippen molar-refractivity contribution in [1.29, 1.82) is 0 Å². The van der Waals surface area contributed by atoms with Crippen LogP contribution in [0.1, 0.15) is 11.1 Å². The van der Waals surface area contributed by atoms with Gasteiger partial charge in [0.15, 0.2) is 0 Å². The smallest absolute Gasteiger partial charge is 0.275 e. The summed E-state index contributed by atoms with van der Waals surface area (Å²) >= 11 is 3.23. The van der Waals surface area contributed by atoms with Crippen LogP contribution in [0.2, 0.25) is 0 Å². The first kappa shape index (κ1) is 14.3. The summed E-state index contributed by atoms with van der Waals surface area (Å²) < 4.78 is 0.674. The highest BCUT2D eigenvalue weighted by molar-refractivity contribution is 9.10. The third-order valence-electron chi connectivity index (χ3n) is 2.92. The third-order valence-corrected chi connectivity index (χ3v) is 3.42. The molecule has 2 aromatic carbocycles. The van der Waals surface area contributed by atoms with Gasteiger partial charge in [-0.1, -0.05) is 15.9 Å². The summed E-state index contributed by atoms with van der Waals surface area (Å²) in [5, 5.41) is 23.6. The lowest BCUT2D eigenvalue weighted by Crippen LogP contribution is -2.03. The normalized spacial score (nSPS) is 10.3. The van der Waals surface area contributed by atoms with Crippen molar-refractivity contribution in [2.24, 2.45) is 0 Å². The minimum Gasteiger partial charge on any atom is -0.508 e. The highest BCUT2D eigenvalue weighted by Gasteiger charge is 2.13. The number of nitro groups is 1. The van der Waals surface area contributed by atoms with Crippen molar-refractivity contribution in [1.82, 2.24) is 0 Å². The molecular formula is C14H13BrN2O3. The molecule has 2 N–H and O–H groups in total. The van der Waals surface area contributed by atoms with Gasteiger partial charge in [0.25, 0.3) is 5.69 Å². The molecule has 0 aliphatic rings. The number of benzene rings is 2. The van der Waals surface area contributed by atoms with E-state index in [1.54, 1.807) is 37.3 Å². The zero-order valence-electron chi connectivity index (χ0n) is 10.8. The number of nitrogens with zero attached hydrogens (tertiary/aromatic N) is 1. The molecule has 0 bridgehead atoms. The van der Waals surface area contributed by atoms with E-state index in [0.717, 1.165) is 11.3 Å². The van der Waals surface area contributed by atoms with Crippen molar-refractivity contribution < 1.29 is 10.0 Å². The van der Waals surface area contributed by atoms with Gasteiger partial charge in [-0.05, 0) is 42.8 Å². The lowest BCUT2D eigenvalue weighted by Gasteiger charge is -2.09. The number of phenolic OH excluding ortho intramolecular Hbond substituents is 1. The van der Waals surface area contributed by atoms with Crippen molar-refractivity contribution in [2.75, 3.05) is 5.32 Å². The Kier molecular flexibility index (Phi) is 4.24. The van der Waals surface area contributed by atoms with Crippen molar-refractivity contribution in [3.05, 3.63) is 62.1 Å². The Bertz CT molecular complexity index is 659. The fourth-order valence-corrected chi connectivity index (χ4v) is 2.17. The number of halogens is 1. The SMILES string of the molecule is Cc1cc(NCc2ccc(Br)cc2[N+](=O)[O-])ccc1O. The summed E-state index contributed by atoms with van der Waals surface area (Å²) in [5.74, 6) is 0.227. The van der Waals surface area contributed by atoms with Gasteiger partial charge in [0.2, 0.25) is 0 Å². The predicted octanol–water partition coefficient (Wildman–Crippen LogP) is 3.98. The molecule has 5 nitrogen and oxygen atoms in total. The highest BCUT2D eigenvalue weighted by Crippen LogP contribution is 2.25. The lowest BCUT2D eigenvalue weighted by atomic mass is 10.1. The number of hydrogen-bond donors (Lipinski definition) is 2. The molecule has 2 rings (SSSR count). The van der Waals surface area contributed by atoms with Gasteiger partial charge >= 0.3 is 0 Å². The first-order valence-electron chi connectivity index (χ1n) is 5.93. The number of aryl methyl sites for hydroxylation is 1. The predicted molar refractivity (Wildman–Crippen MR) is 81.0 cm³/mol. The van der Waals surface area contributed by atoms with Crippen LogP contribution in [0.15, 0.2) is 40.9 Å². The van der Waals surface area contributed by atoms with Crippen LogP contribution in [0.3, 0.4) is 0 Å². The maximum Gasteiger partial charge on any atom is 0.275 e. The number of nitro benzene ring substituents is 1. The quantitative estimate of drug-likeness (QED) is 0.503. The highest BCUT2D eigenvalue weighted by atomic mass is 79.9. The van der Waals surface area contributed by atoms with Crippen LogP contribution in [-0.2, 0) is 6.54 Å². The number of hydrogen-bond acceptors (Lipinski definition) is 4. The number of nitrogens with one attached hydrogen (secondary N) is 1. The van der Waals surface area contributed by atoms with E-state index in [9.17, 15) is 15.2 Å². The maximum absolute atomic E-state index is 11.0. The minimum absolute atomic E-state index is 0.0716. The Labute approximate surface area is 124 Å². The second-order valence-electron chi connectivity index (χ2n) is 4.38. The summed E-state index contributed by atoms with van der Waals surface area (Å²) in [6, 6.07) is 10.1. The molecule has 2 aromatic rings. The molecule has 0 saturated carbocycles. The minimum atomic E-state index is -0.399. The van der Waals surface area contributed by atoms with E-state index in [-0.39, 0.29) is 11.4 Å². The largest absolute Gasteiger partial charge is 0.508 e. The Balaban J connectivity index is 2.18. The fraction of sp³-hybridized carbons (Fsp3) is 0.143. The first-order chi connectivity index (χ1) is 9.47. The van der Waals surface area contributed by atoms with E-state index in [1.807, 2.05) is 0 Å². The van der Waals surface area contributed by atoms with Crippen LogP contribution >= 0.6 is 15.9 Å². The van der Waals surface area contributed by atoms with E-state index in [4.69, 9.17) is 0 Å². The molecular weight excluding hydrogens is 324 g/mol. The third kappa shape index (κ3) is 3.27. The molecule has 0 saturated heterocycles. The number of anilines is 1. The summed E-state index contributed by atoms with van der Waals surface area (Å²) in [7, 11) is 0. The molecule has 20 heavy (non-hydrogen) atoms. The van der Waals surface area contributed by atoms with Gasteiger partial charge in [0.05, 0.1) is 4.92 Å². The maximum atomic E-state index is 11.0. The molecule has 0 unspecified atom stereocenters. The van der Waals surface area contributed by atoms with Gasteiger partial charge in [-0.25, -0.2) is 0 Å². The van der Waals surface area contributed by atoms with E-state index >= 15 is 0 Å². The second kappa shape index (κ2) is 5.92. The molecule has 0 amide bonds. The molecule has 104 valence electrons. The molecule has 0 spiro atoms. The zero-order chi connectivity index (χ0) is 14.7. The summed E-state index contributed by atoms with van der Waals surface area (Å²) in [5.41, 5.74) is 2.23. The summed E-state index contributed by atoms with van der Waals surface area (Å²) in [6.07, 6.45) is 0. The van der Waals surface area contributed by atoms with Crippen LogP contribution in [0.4, 0.5) is 11.4 Å². The standard InChI is InChI=1S/C14H13BrN2O3/c1-9-6-12(4-5-14(9)18)16-8-10-2-3-11(15)7-13(10)17(19)20/h2-7,16,18H,8H2,1H3. The Morgan fingerprint density at radius 1 is 1.30 bits per heavy atom. The monoisotopic (exact) mass is 336 g/mol. The first-order valence-corrected chi connectivity index (χ1v) is 6.73. The van der Waals surface area contributed by atoms with Crippen molar-refractivity contribution in [3.8, 4) is 5.75 Å². The van der Waals surface area contributed by atoms with Crippen LogP contribution in [-0.4, -0.2) is 10.0 Å². The van der Waals surface area contributed by atoms with Gasteiger partial charge in [0, 0.05) is 28.3 Å². The van der Waals surface area contributed by atoms with Gasteiger partial charge < -0.3 is 10.4 Å². The van der Waals surface area contributed by atoms with Gasteiger partial charge in [-0.3, -0.25) is 10.1 Å². The number of rotatable bonds is 4. The van der Waals surface area contributed by atoms with Crippen molar-refractivity contribution >= 4 is 27.3 Å². The van der Waals surface area contributed by atoms with E-state index in [2.05, 4.69) is 21.2 Å². The molecule has 0 radical (unpaired) electrons. The molecule has 6 heteroatoms. The van der Waals surface area contributed by atoms with E-state index < -0.39 is 4.92 Å². The number of phenols is 1. The number of aromatic hydroxyl groups is 1. The van der Waals surface area contributed by atoms with Crippen LogP contribution in [0, 0.1) is 17.0 Å². The Hall–Kier alpha value is -2.08. The van der Waals surface area contributed by atoms with Crippen LogP contribution in [0.5, 0.6) is 5.75 Å². The molecule has 0 aliphatic heterocycles. The molecule has 0 aromatic heterocycles. The van der Waals surface area contributed by atoms with Crippen molar-refractivity contribution in [3.63, 3.8) is 0 Å². The molecule has 0 atom stereocenters. The van der Waals surface area contributed by atoms with Gasteiger partial charge in [-0.15, -0.1) is 0 Å². The van der Waals surface area contributed by atoms with Crippen LogP contribution in [0.25, 0.3) is 0 Å². The fourth-order valence-electron chi connectivity index (χ4n) is 1.82. The topological polar surface area (TPSA) is 75.4 Å². The van der Waals surface area contributed by atoms with Crippen molar-refractivity contribution in [2.45, 2.75) is 13.5 Å². The Morgan fingerprint density at radius 3 is 2.70 bits per heavy atom.